The number of hydrogen-bond donors (Lipinski definition) is 1. The molecule has 0 atom stereocenters. The number of benzene rings is 1. The van der Waals surface area contributed by atoms with E-state index in [9.17, 15) is 4.79 Å². The Labute approximate surface area is 136 Å². The first kappa shape index (κ1) is 15.3. The fraction of sp³-hybridized carbons (Fsp3) is 0.263. The number of carbonyl (C=O) groups is 1. The molecule has 2 aromatic heterocycles. The monoisotopic (exact) mass is 307 g/mol. The van der Waals surface area contributed by atoms with Crippen LogP contribution in [-0.2, 0) is 11.2 Å². The van der Waals surface area contributed by atoms with Crippen LogP contribution in [0.1, 0.15) is 28.1 Å². The Morgan fingerprint density at radius 2 is 1.91 bits per heavy atom. The lowest BCUT2D eigenvalue weighted by Gasteiger charge is -2.09. The second kappa shape index (κ2) is 5.88. The summed E-state index contributed by atoms with van der Waals surface area (Å²) in [4.78, 5) is 17.0. The van der Waals surface area contributed by atoms with Gasteiger partial charge in [-0.05, 0) is 51.0 Å². The molecule has 3 aromatic rings. The molecule has 0 fully saturated rings. The third kappa shape index (κ3) is 2.97. The van der Waals surface area contributed by atoms with Crippen LogP contribution in [-0.4, -0.2) is 15.3 Å². The molecule has 0 aliphatic carbocycles. The highest BCUT2D eigenvalue weighted by atomic mass is 16.1. The van der Waals surface area contributed by atoms with Gasteiger partial charge in [0.25, 0.3) is 0 Å². The number of carbonyl (C=O) groups excluding carboxylic acids is 1. The molecule has 0 radical (unpaired) electrons. The first-order valence-corrected chi connectivity index (χ1v) is 7.76. The van der Waals surface area contributed by atoms with E-state index in [0.717, 1.165) is 33.8 Å². The number of aryl methyl sites for hydroxylation is 4. The van der Waals surface area contributed by atoms with Crippen LogP contribution < -0.4 is 5.32 Å². The van der Waals surface area contributed by atoms with E-state index in [1.54, 1.807) is 0 Å². The molecule has 2 heterocycles. The average Bonchev–Trinajstić information content (AvgIpc) is 2.80. The Bertz CT molecular complexity index is 893. The number of amides is 1. The van der Waals surface area contributed by atoms with Gasteiger partial charge in [0, 0.05) is 11.9 Å². The van der Waals surface area contributed by atoms with E-state index in [1.807, 2.05) is 62.6 Å². The zero-order chi connectivity index (χ0) is 16.6. The number of rotatable bonds is 3. The largest absolute Gasteiger partial charge is 0.326 e. The molecule has 1 aromatic carbocycles. The average molecular weight is 307 g/mol. The van der Waals surface area contributed by atoms with Gasteiger partial charge in [-0.3, -0.25) is 4.79 Å². The number of nitrogens with zero attached hydrogens (tertiary/aromatic N) is 2. The minimum Gasteiger partial charge on any atom is -0.326 e. The minimum atomic E-state index is -0.0247. The van der Waals surface area contributed by atoms with Gasteiger partial charge in [0.05, 0.1) is 17.8 Å². The van der Waals surface area contributed by atoms with Gasteiger partial charge in [-0.25, -0.2) is 4.98 Å². The van der Waals surface area contributed by atoms with Crippen molar-refractivity contribution in [2.24, 2.45) is 0 Å². The van der Waals surface area contributed by atoms with Crippen molar-refractivity contribution in [2.75, 3.05) is 5.32 Å². The molecule has 0 bridgehead atoms. The Morgan fingerprint density at radius 1 is 1.13 bits per heavy atom. The van der Waals surface area contributed by atoms with E-state index < -0.39 is 0 Å². The van der Waals surface area contributed by atoms with E-state index in [0.29, 0.717) is 6.42 Å². The molecule has 1 amide bonds. The predicted molar refractivity (Wildman–Crippen MR) is 92.9 cm³/mol. The van der Waals surface area contributed by atoms with Gasteiger partial charge in [-0.15, -0.1) is 0 Å². The summed E-state index contributed by atoms with van der Waals surface area (Å²) < 4.78 is 2.01. The van der Waals surface area contributed by atoms with Crippen LogP contribution in [0.3, 0.4) is 0 Å². The number of aromatic nitrogens is 2. The van der Waals surface area contributed by atoms with Gasteiger partial charge in [-0.1, -0.05) is 23.8 Å². The summed E-state index contributed by atoms with van der Waals surface area (Å²) in [7, 11) is 0. The third-order valence-corrected chi connectivity index (χ3v) is 4.13. The maximum absolute atomic E-state index is 12.4. The van der Waals surface area contributed by atoms with Crippen LogP contribution in [0.15, 0.2) is 36.5 Å². The number of pyridine rings is 1. The zero-order valence-electron chi connectivity index (χ0n) is 14.0. The first-order valence-electron chi connectivity index (χ1n) is 7.76. The molecule has 4 heteroatoms. The van der Waals surface area contributed by atoms with Crippen LogP contribution in [0, 0.1) is 27.7 Å². The van der Waals surface area contributed by atoms with Crippen LogP contribution >= 0.6 is 0 Å². The molecule has 4 nitrogen and oxygen atoms in total. The molecule has 1 N–H and O–H groups in total. The lowest BCUT2D eigenvalue weighted by Crippen LogP contribution is -2.16. The van der Waals surface area contributed by atoms with Gasteiger partial charge in [-0.2, -0.15) is 0 Å². The highest BCUT2D eigenvalue weighted by Crippen LogP contribution is 2.18. The van der Waals surface area contributed by atoms with E-state index in [2.05, 4.69) is 16.4 Å². The molecule has 0 spiro atoms. The Kier molecular flexibility index (Phi) is 3.90. The van der Waals surface area contributed by atoms with Crippen LogP contribution in [0.25, 0.3) is 5.65 Å². The summed E-state index contributed by atoms with van der Waals surface area (Å²) in [5.74, 6) is -0.0247. The van der Waals surface area contributed by atoms with Crippen LogP contribution in [0.2, 0.25) is 0 Å². The van der Waals surface area contributed by atoms with E-state index in [-0.39, 0.29) is 5.91 Å². The van der Waals surface area contributed by atoms with Crippen molar-refractivity contribution >= 4 is 17.2 Å². The van der Waals surface area contributed by atoms with Crippen molar-refractivity contribution < 1.29 is 4.79 Å². The Balaban J connectivity index is 1.86. The summed E-state index contributed by atoms with van der Waals surface area (Å²) in [6.07, 6.45) is 2.27. The van der Waals surface area contributed by atoms with E-state index >= 15 is 0 Å². The number of nitrogens with one attached hydrogen (secondary N) is 1. The number of imidazole rings is 1. The summed E-state index contributed by atoms with van der Waals surface area (Å²) in [6.45, 7) is 8.03. The first-order chi connectivity index (χ1) is 11.0. The summed E-state index contributed by atoms with van der Waals surface area (Å²) in [6, 6.07) is 10.0. The smallest absolute Gasteiger partial charge is 0.230 e. The second-order valence-corrected chi connectivity index (χ2v) is 6.07. The van der Waals surface area contributed by atoms with Gasteiger partial charge in [0.1, 0.15) is 5.65 Å². The standard InChI is InChI=1S/C19H21N3O/c1-12-7-8-16(14(3)10-12)21-18(23)11-17-15(4)20-19-13(2)6-5-9-22(17)19/h5-10H,11H2,1-4H3,(H,21,23). The lowest BCUT2D eigenvalue weighted by atomic mass is 10.1. The van der Waals surface area contributed by atoms with Crippen LogP contribution in [0.4, 0.5) is 5.69 Å². The molecule has 0 saturated heterocycles. The highest BCUT2D eigenvalue weighted by molar-refractivity contribution is 5.93. The van der Waals surface area contributed by atoms with Crippen LogP contribution in [0.5, 0.6) is 0 Å². The van der Waals surface area contributed by atoms with Crippen molar-refractivity contribution in [3.05, 3.63) is 64.6 Å². The highest BCUT2D eigenvalue weighted by Gasteiger charge is 2.14. The van der Waals surface area contributed by atoms with Gasteiger partial charge < -0.3 is 9.72 Å². The molecule has 3 rings (SSSR count). The number of fused-ring (bicyclic) bond motifs is 1. The van der Waals surface area contributed by atoms with Crippen molar-refractivity contribution in [2.45, 2.75) is 34.1 Å². The van der Waals surface area contributed by atoms with Crippen molar-refractivity contribution in [1.29, 1.82) is 0 Å². The second-order valence-electron chi connectivity index (χ2n) is 6.07. The maximum Gasteiger partial charge on any atom is 0.230 e. The van der Waals surface area contributed by atoms with Crippen molar-refractivity contribution in [3.63, 3.8) is 0 Å². The van der Waals surface area contributed by atoms with Gasteiger partial charge in [0.15, 0.2) is 0 Å². The normalized spacial score (nSPS) is 11.0. The SMILES string of the molecule is Cc1ccc(NC(=O)Cc2c(C)nc3c(C)cccn23)c(C)c1. The quantitative estimate of drug-likeness (QED) is 0.801. The van der Waals surface area contributed by atoms with E-state index in [4.69, 9.17) is 0 Å². The molecule has 23 heavy (non-hydrogen) atoms. The molecular formula is C19H21N3O. The Hall–Kier alpha value is -2.62. The number of anilines is 1. The summed E-state index contributed by atoms with van der Waals surface area (Å²) >= 11 is 0. The molecule has 118 valence electrons. The van der Waals surface area contributed by atoms with E-state index in [1.165, 1.54) is 5.56 Å². The number of hydrogen-bond acceptors (Lipinski definition) is 2. The zero-order valence-corrected chi connectivity index (χ0v) is 14.0. The van der Waals surface area contributed by atoms with Gasteiger partial charge >= 0.3 is 0 Å². The van der Waals surface area contributed by atoms with Gasteiger partial charge in [0.2, 0.25) is 5.91 Å². The molecule has 0 saturated carbocycles. The molecule has 0 aliphatic rings. The predicted octanol–water partition coefficient (Wildman–Crippen LogP) is 3.75. The lowest BCUT2D eigenvalue weighted by molar-refractivity contribution is -0.115. The van der Waals surface area contributed by atoms with Crippen molar-refractivity contribution in [3.8, 4) is 0 Å². The Morgan fingerprint density at radius 3 is 2.65 bits per heavy atom. The fourth-order valence-electron chi connectivity index (χ4n) is 2.88. The van der Waals surface area contributed by atoms with Crippen molar-refractivity contribution in [1.82, 2.24) is 9.38 Å². The molecule has 0 unspecified atom stereocenters. The summed E-state index contributed by atoms with van der Waals surface area (Å²) in [5.41, 5.74) is 6.98. The summed E-state index contributed by atoms with van der Waals surface area (Å²) in [5, 5.41) is 3.00. The maximum atomic E-state index is 12.4. The molecule has 0 aliphatic heterocycles. The fourth-order valence-corrected chi connectivity index (χ4v) is 2.88. The topological polar surface area (TPSA) is 46.4 Å². The minimum absolute atomic E-state index is 0.0247. The third-order valence-electron chi connectivity index (χ3n) is 4.13. The molecular weight excluding hydrogens is 286 g/mol.